The zero-order chi connectivity index (χ0) is 14.1. The van der Waals surface area contributed by atoms with Gasteiger partial charge in [0.25, 0.3) is 0 Å². The van der Waals surface area contributed by atoms with Gasteiger partial charge in [0.2, 0.25) is 0 Å². The Labute approximate surface area is 117 Å². The number of furan rings is 1. The Morgan fingerprint density at radius 3 is 2.85 bits per heavy atom. The second kappa shape index (κ2) is 5.04. The lowest BCUT2D eigenvalue weighted by Crippen LogP contribution is -2.38. The van der Waals surface area contributed by atoms with E-state index in [1.807, 2.05) is 43.3 Å². The lowest BCUT2D eigenvalue weighted by Gasteiger charge is -2.34. The van der Waals surface area contributed by atoms with Crippen molar-refractivity contribution in [2.75, 3.05) is 11.4 Å². The summed E-state index contributed by atoms with van der Waals surface area (Å²) in [4.78, 5) is 13.4. The van der Waals surface area contributed by atoms with Gasteiger partial charge in [-0.15, -0.1) is 0 Å². The molecule has 1 aliphatic rings. The normalized spacial score (nSPS) is 17.9. The molecule has 0 saturated carbocycles. The number of anilines is 1. The number of para-hydroxylation sites is 1. The Morgan fingerprint density at radius 1 is 1.35 bits per heavy atom. The van der Waals surface area contributed by atoms with E-state index in [2.05, 4.69) is 4.90 Å². The minimum Gasteiger partial charge on any atom is -0.481 e. The Bertz CT molecular complexity index is 632. The van der Waals surface area contributed by atoms with Gasteiger partial charge >= 0.3 is 5.97 Å². The fourth-order valence-corrected chi connectivity index (χ4v) is 2.76. The fraction of sp³-hybridized carbons (Fsp3) is 0.312. The third kappa shape index (κ3) is 2.41. The van der Waals surface area contributed by atoms with Crippen molar-refractivity contribution in [1.82, 2.24) is 0 Å². The van der Waals surface area contributed by atoms with E-state index >= 15 is 0 Å². The van der Waals surface area contributed by atoms with Crippen LogP contribution in [0.1, 0.15) is 17.1 Å². The number of carboxylic acid groups (broad SMARTS) is 1. The van der Waals surface area contributed by atoms with Crippen molar-refractivity contribution < 1.29 is 14.3 Å². The van der Waals surface area contributed by atoms with Gasteiger partial charge in [-0.05, 0) is 37.1 Å². The van der Waals surface area contributed by atoms with Gasteiger partial charge in [0.15, 0.2) is 0 Å². The highest BCUT2D eigenvalue weighted by molar-refractivity contribution is 5.73. The molecule has 4 heteroatoms. The van der Waals surface area contributed by atoms with Crippen molar-refractivity contribution in [3.8, 4) is 0 Å². The molecule has 2 aromatic rings. The van der Waals surface area contributed by atoms with E-state index in [4.69, 9.17) is 4.42 Å². The van der Waals surface area contributed by atoms with Crippen LogP contribution in [0.2, 0.25) is 0 Å². The number of rotatable bonds is 3. The van der Waals surface area contributed by atoms with Crippen LogP contribution in [0.5, 0.6) is 0 Å². The predicted molar refractivity (Wildman–Crippen MR) is 75.8 cm³/mol. The third-order valence-corrected chi connectivity index (χ3v) is 3.73. The number of nitrogens with zero attached hydrogens (tertiary/aromatic N) is 1. The lowest BCUT2D eigenvalue weighted by atomic mass is 9.92. The summed E-state index contributed by atoms with van der Waals surface area (Å²) >= 11 is 0. The highest BCUT2D eigenvalue weighted by Gasteiger charge is 2.29. The number of carboxylic acids is 1. The number of aliphatic carboxylic acids is 1. The second-order valence-electron chi connectivity index (χ2n) is 5.26. The van der Waals surface area contributed by atoms with E-state index in [1.165, 1.54) is 0 Å². The largest absolute Gasteiger partial charge is 0.481 e. The van der Waals surface area contributed by atoms with Gasteiger partial charge in [0, 0.05) is 12.2 Å². The van der Waals surface area contributed by atoms with Crippen LogP contribution < -0.4 is 4.90 Å². The standard InChI is InChI=1S/C16H17NO3/c1-11-6-7-14(20-11)10-17-9-13(16(18)19)8-12-4-2-3-5-15(12)17/h2-7,13H,8-10H2,1H3,(H,18,19). The highest BCUT2D eigenvalue weighted by Crippen LogP contribution is 2.31. The maximum absolute atomic E-state index is 11.3. The summed E-state index contributed by atoms with van der Waals surface area (Å²) in [5, 5.41) is 9.30. The maximum atomic E-state index is 11.3. The molecule has 1 aliphatic heterocycles. The van der Waals surface area contributed by atoms with Crippen LogP contribution in [-0.2, 0) is 17.8 Å². The number of fused-ring (bicyclic) bond motifs is 1. The zero-order valence-corrected chi connectivity index (χ0v) is 11.4. The van der Waals surface area contributed by atoms with Crippen LogP contribution in [0.4, 0.5) is 5.69 Å². The highest BCUT2D eigenvalue weighted by atomic mass is 16.4. The number of hydrogen-bond donors (Lipinski definition) is 1. The van der Waals surface area contributed by atoms with Gasteiger partial charge in [0.05, 0.1) is 12.5 Å². The van der Waals surface area contributed by atoms with Crippen LogP contribution in [-0.4, -0.2) is 17.6 Å². The molecule has 1 unspecified atom stereocenters. The molecule has 104 valence electrons. The fourth-order valence-electron chi connectivity index (χ4n) is 2.76. The molecule has 0 radical (unpaired) electrons. The first-order valence-corrected chi connectivity index (χ1v) is 6.74. The van der Waals surface area contributed by atoms with Crippen molar-refractivity contribution in [2.45, 2.75) is 19.9 Å². The molecule has 0 saturated heterocycles. The number of aryl methyl sites for hydroxylation is 1. The minimum atomic E-state index is -0.736. The van der Waals surface area contributed by atoms with Crippen molar-refractivity contribution >= 4 is 11.7 Å². The van der Waals surface area contributed by atoms with Gasteiger partial charge in [-0.25, -0.2) is 0 Å². The molecular weight excluding hydrogens is 254 g/mol. The molecule has 2 heterocycles. The molecule has 3 rings (SSSR count). The van der Waals surface area contributed by atoms with Gasteiger partial charge in [-0.3, -0.25) is 4.79 Å². The summed E-state index contributed by atoms with van der Waals surface area (Å²) < 4.78 is 5.61. The van der Waals surface area contributed by atoms with Gasteiger partial charge in [0.1, 0.15) is 11.5 Å². The van der Waals surface area contributed by atoms with Crippen LogP contribution in [0.3, 0.4) is 0 Å². The van der Waals surface area contributed by atoms with Crippen LogP contribution >= 0.6 is 0 Å². The molecule has 0 bridgehead atoms. The van der Waals surface area contributed by atoms with E-state index in [9.17, 15) is 9.90 Å². The third-order valence-electron chi connectivity index (χ3n) is 3.73. The average Bonchev–Trinajstić information content (AvgIpc) is 2.84. The molecule has 0 spiro atoms. The Morgan fingerprint density at radius 2 is 2.15 bits per heavy atom. The summed E-state index contributed by atoms with van der Waals surface area (Å²) in [6.07, 6.45) is 0.596. The summed E-state index contributed by atoms with van der Waals surface area (Å²) in [6.45, 7) is 3.04. The molecule has 1 atom stereocenters. The first-order valence-electron chi connectivity index (χ1n) is 6.74. The topological polar surface area (TPSA) is 53.7 Å². The number of benzene rings is 1. The summed E-state index contributed by atoms with van der Waals surface area (Å²) in [5.41, 5.74) is 2.20. The second-order valence-corrected chi connectivity index (χ2v) is 5.26. The van der Waals surface area contributed by atoms with E-state index in [0.29, 0.717) is 19.5 Å². The number of carbonyl (C=O) groups is 1. The van der Waals surface area contributed by atoms with Crippen molar-refractivity contribution in [1.29, 1.82) is 0 Å². The summed E-state index contributed by atoms with van der Waals surface area (Å²) in [6, 6.07) is 11.9. The van der Waals surface area contributed by atoms with Crippen molar-refractivity contribution in [2.24, 2.45) is 5.92 Å². The first-order chi connectivity index (χ1) is 9.63. The quantitative estimate of drug-likeness (QED) is 0.932. The molecule has 0 amide bonds. The molecule has 20 heavy (non-hydrogen) atoms. The molecule has 0 fully saturated rings. The van der Waals surface area contributed by atoms with Gasteiger partial charge in [-0.1, -0.05) is 18.2 Å². The average molecular weight is 271 g/mol. The SMILES string of the molecule is Cc1ccc(CN2CC(C(=O)O)Cc3ccccc32)o1. The lowest BCUT2D eigenvalue weighted by molar-refractivity contribution is -0.141. The van der Waals surface area contributed by atoms with E-state index < -0.39 is 5.97 Å². The van der Waals surface area contributed by atoms with Gasteiger partial charge < -0.3 is 14.4 Å². The molecule has 1 aromatic heterocycles. The Balaban J connectivity index is 1.90. The van der Waals surface area contributed by atoms with Crippen molar-refractivity contribution in [3.63, 3.8) is 0 Å². The summed E-state index contributed by atoms with van der Waals surface area (Å²) in [5.74, 6) is 0.643. The molecule has 0 aliphatic carbocycles. The summed E-state index contributed by atoms with van der Waals surface area (Å²) in [7, 11) is 0. The van der Waals surface area contributed by atoms with E-state index in [-0.39, 0.29) is 5.92 Å². The Hall–Kier alpha value is -2.23. The Kier molecular flexibility index (Phi) is 3.22. The number of hydrogen-bond acceptors (Lipinski definition) is 3. The van der Waals surface area contributed by atoms with E-state index in [0.717, 1.165) is 22.8 Å². The molecule has 1 N–H and O–H groups in total. The van der Waals surface area contributed by atoms with Crippen molar-refractivity contribution in [3.05, 3.63) is 53.5 Å². The monoisotopic (exact) mass is 271 g/mol. The molecule has 1 aromatic carbocycles. The van der Waals surface area contributed by atoms with E-state index in [1.54, 1.807) is 0 Å². The predicted octanol–water partition coefficient (Wildman–Crippen LogP) is 2.85. The first kappa shape index (κ1) is 12.8. The zero-order valence-electron chi connectivity index (χ0n) is 11.4. The minimum absolute atomic E-state index is 0.360. The van der Waals surface area contributed by atoms with Crippen LogP contribution in [0.15, 0.2) is 40.8 Å². The van der Waals surface area contributed by atoms with Crippen LogP contribution in [0, 0.1) is 12.8 Å². The maximum Gasteiger partial charge on any atom is 0.308 e. The van der Waals surface area contributed by atoms with Crippen LogP contribution in [0.25, 0.3) is 0 Å². The molecular formula is C16H17NO3. The van der Waals surface area contributed by atoms with Gasteiger partial charge in [-0.2, -0.15) is 0 Å². The smallest absolute Gasteiger partial charge is 0.308 e. The molecule has 4 nitrogen and oxygen atoms in total.